The van der Waals surface area contributed by atoms with E-state index in [1.54, 1.807) is 67.0 Å². The Kier molecular flexibility index (Phi) is 6.22. The standard InChI is InChI=1S/C21H19NO4S/c1-25-19-8-6-18(7-9-19)22-21(24)17-4-2-15(3-5-17)13-26-20(23)12-16-10-11-27-14-16/h2-11,14H,12-13H2,1H3,(H,22,24). The molecule has 1 N–H and O–H groups in total. The summed E-state index contributed by atoms with van der Waals surface area (Å²) in [6, 6.07) is 16.0. The maximum absolute atomic E-state index is 12.3. The summed E-state index contributed by atoms with van der Waals surface area (Å²) in [6.45, 7) is 0.184. The van der Waals surface area contributed by atoms with Crippen molar-refractivity contribution in [2.24, 2.45) is 0 Å². The highest BCUT2D eigenvalue weighted by Gasteiger charge is 2.08. The number of methoxy groups -OCH3 is 1. The lowest BCUT2D eigenvalue weighted by Gasteiger charge is -2.08. The van der Waals surface area contributed by atoms with Crippen molar-refractivity contribution in [2.45, 2.75) is 13.0 Å². The first-order valence-electron chi connectivity index (χ1n) is 8.35. The van der Waals surface area contributed by atoms with Crippen LogP contribution >= 0.6 is 11.3 Å². The van der Waals surface area contributed by atoms with Gasteiger partial charge in [-0.15, -0.1) is 0 Å². The number of anilines is 1. The molecule has 0 saturated carbocycles. The van der Waals surface area contributed by atoms with Gasteiger partial charge in [0.1, 0.15) is 12.4 Å². The Labute approximate surface area is 161 Å². The van der Waals surface area contributed by atoms with Crippen LogP contribution in [-0.4, -0.2) is 19.0 Å². The molecule has 27 heavy (non-hydrogen) atoms. The molecule has 1 heterocycles. The molecule has 1 aromatic heterocycles. The average Bonchev–Trinajstić information content (AvgIpc) is 3.20. The molecule has 1 amide bonds. The minimum Gasteiger partial charge on any atom is -0.497 e. The maximum Gasteiger partial charge on any atom is 0.310 e. The number of amides is 1. The number of hydrogen-bond donors (Lipinski definition) is 1. The van der Waals surface area contributed by atoms with Crippen molar-refractivity contribution in [1.82, 2.24) is 0 Å². The second kappa shape index (κ2) is 9.00. The zero-order chi connectivity index (χ0) is 19.1. The molecule has 0 saturated heterocycles. The topological polar surface area (TPSA) is 64.6 Å². The maximum atomic E-state index is 12.3. The number of ether oxygens (including phenoxy) is 2. The van der Waals surface area contributed by atoms with Gasteiger partial charge in [0, 0.05) is 11.3 Å². The summed E-state index contributed by atoms with van der Waals surface area (Å²) in [5.74, 6) is 0.252. The molecule has 138 valence electrons. The number of rotatable bonds is 7. The number of carbonyl (C=O) groups is 2. The fourth-order valence-corrected chi connectivity index (χ4v) is 3.07. The van der Waals surface area contributed by atoms with E-state index in [9.17, 15) is 9.59 Å². The van der Waals surface area contributed by atoms with E-state index in [-0.39, 0.29) is 24.9 Å². The van der Waals surface area contributed by atoms with Gasteiger partial charge in [0.05, 0.1) is 13.5 Å². The highest BCUT2D eigenvalue weighted by molar-refractivity contribution is 7.08. The van der Waals surface area contributed by atoms with E-state index in [1.165, 1.54) is 0 Å². The molecule has 0 atom stereocenters. The van der Waals surface area contributed by atoms with E-state index in [2.05, 4.69) is 5.32 Å². The van der Waals surface area contributed by atoms with Crippen LogP contribution in [0.1, 0.15) is 21.5 Å². The lowest BCUT2D eigenvalue weighted by Crippen LogP contribution is -2.12. The molecule has 0 fully saturated rings. The zero-order valence-electron chi connectivity index (χ0n) is 14.8. The van der Waals surface area contributed by atoms with Gasteiger partial charge in [-0.1, -0.05) is 12.1 Å². The van der Waals surface area contributed by atoms with Crippen molar-refractivity contribution in [3.8, 4) is 5.75 Å². The summed E-state index contributed by atoms with van der Waals surface area (Å²) in [5, 5.41) is 6.68. The molecule has 5 nitrogen and oxygen atoms in total. The molecule has 3 rings (SSSR count). The molecule has 6 heteroatoms. The van der Waals surface area contributed by atoms with Gasteiger partial charge in [0.15, 0.2) is 0 Å². The molecule has 0 bridgehead atoms. The summed E-state index contributed by atoms with van der Waals surface area (Å²) < 4.78 is 10.4. The van der Waals surface area contributed by atoms with Crippen LogP contribution in [0.4, 0.5) is 5.69 Å². The van der Waals surface area contributed by atoms with Crippen LogP contribution in [0.3, 0.4) is 0 Å². The van der Waals surface area contributed by atoms with Gasteiger partial charge < -0.3 is 14.8 Å². The molecule has 2 aromatic carbocycles. The lowest BCUT2D eigenvalue weighted by molar-refractivity contribution is -0.144. The first-order chi connectivity index (χ1) is 13.1. The highest BCUT2D eigenvalue weighted by Crippen LogP contribution is 2.16. The number of thiophene rings is 1. The Morgan fingerprint density at radius 3 is 2.33 bits per heavy atom. The minimum absolute atomic E-state index is 0.184. The van der Waals surface area contributed by atoms with Crippen LogP contribution in [0.5, 0.6) is 5.75 Å². The normalized spacial score (nSPS) is 10.3. The van der Waals surface area contributed by atoms with Crippen LogP contribution in [0.2, 0.25) is 0 Å². The van der Waals surface area contributed by atoms with Crippen molar-refractivity contribution < 1.29 is 19.1 Å². The number of benzene rings is 2. The van der Waals surface area contributed by atoms with E-state index in [0.29, 0.717) is 11.3 Å². The van der Waals surface area contributed by atoms with Gasteiger partial charge in [0.2, 0.25) is 0 Å². The SMILES string of the molecule is COc1ccc(NC(=O)c2ccc(COC(=O)Cc3ccsc3)cc2)cc1. The van der Waals surface area contributed by atoms with Crippen LogP contribution in [-0.2, 0) is 22.6 Å². The van der Waals surface area contributed by atoms with Gasteiger partial charge >= 0.3 is 5.97 Å². The molecule has 0 aliphatic rings. The van der Waals surface area contributed by atoms with Gasteiger partial charge in [-0.05, 0) is 64.4 Å². The molecule has 0 aliphatic heterocycles. The summed E-state index contributed by atoms with van der Waals surface area (Å²) in [7, 11) is 1.59. The number of hydrogen-bond acceptors (Lipinski definition) is 5. The van der Waals surface area contributed by atoms with Crippen LogP contribution in [0.25, 0.3) is 0 Å². The fourth-order valence-electron chi connectivity index (χ4n) is 2.40. The van der Waals surface area contributed by atoms with Gasteiger partial charge in [-0.25, -0.2) is 0 Å². The Bertz CT molecular complexity index is 887. The number of esters is 1. The molecule has 0 unspecified atom stereocenters. The van der Waals surface area contributed by atoms with E-state index in [1.807, 2.05) is 16.8 Å². The van der Waals surface area contributed by atoms with Crippen molar-refractivity contribution in [1.29, 1.82) is 0 Å². The number of carbonyl (C=O) groups excluding carboxylic acids is 2. The van der Waals surface area contributed by atoms with E-state index in [0.717, 1.165) is 16.9 Å². The van der Waals surface area contributed by atoms with Crippen molar-refractivity contribution in [2.75, 3.05) is 12.4 Å². The Hall–Kier alpha value is -3.12. The van der Waals surface area contributed by atoms with Crippen LogP contribution in [0, 0.1) is 0 Å². The second-order valence-electron chi connectivity index (χ2n) is 5.85. The molecule has 0 radical (unpaired) electrons. The van der Waals surface area contributed by atoms with Crippen molar-refractivity contribution >= 4 is 28.9 Å². The fraction of sp³-hybridized carbons (Fsp3) is 0.143. The van der Waals surface area contributed by atoms with E-state index >= 15 is 0 Å². The third-order valence-corrected chi connectivity index (χ3v) is 4.62. The molecular formula is C21H19NO4S. The van der Waals surface area contributed by atoms with Crippen molar-refractivity contribution in [3.63, 3.8) is 0 Å². The highest BCUT2D eigenvalue weighted by atomic mass is 32.1. The quantitative estimate of drug-likeness (QED) is 0.620. The van der Waals surface area contributed by atoms with Gasteiger partial charge in [-0.3, -0.25) is 9.59 Å². The van der Waals surface area contributed by atoms with E-state index in [4.69, 9.17) is 9.47 Å². The second-order valence-corrected chi connectivity index (χ2v) is 6.63. The smallest absolute Gasteiger partial charge is 0.310 e. The average molecular weight is 381 g/mol. The first-order valence-corrected chi connectivity index (χ1v) is 9.29. The first kappa shape index (κ1) is 18.7. The predicted octanol–water partition coefficient (Wildman–Crippen LogP) is 4.29. The van der Waals surface area contributed by atoms with Crippen LogP contribution < -0.4 is 10.1 Å². The minimum atomic E-state index is -0.269. The molecule has 3 aromatic rings. The summed E-state index contributed by atoms with van der Waals surface area (Å²) >= 11 is 1.55. The number of nitrogens with one attached hydrogen (secondary N) is 1. The molecule has 0 spiro atoms. The third-order valence-electron chi connectivity index (χ3n) is 3.89. The third kappa shape index (κ3) is 5.43. The Balaban J connectivity index is 1.51. The summed E-state index contributed by atoms with van der Waals surface area (Å²) in [4.78, 5) is 24.1. The monoisotopic (exact) mass is 381 g/mol. The zero-order valence-corrected chi connectivity index (χ0v) is 15.6. The molecule has 0 aliphatic carbocycles. The Morgan fingerprint density at radius 2 is 1.70 bits per heavy atom. The lowest BCUT2D eigenvalue weighted by atomic mass is 10.1. The van der Waals surface area contributed by atoms with E-state index < -0.39 is 0 Å². The van der Waals surface area contributed by atoms with Crippen LogP contribution in [0.15, 0.2) is 65.4 Å². The molecular weight excluding hydrogens is 362 g/mol. The largest absolute Gasteiger partial charge is 0.497 e. The summed E-state index contributed by atoms with van der Waals surface area (Å²) in [5.41, 5.74) is 3.00. The van der Waals surface area contributed by atoms with Gasteiger partial charge in [0.25, 0.3) is 5.91 Å². The van der Waals surface area contributed by atoms with Crippen molar-refractivity contribution in [3.05, 3.63) is 82.0 Å². The summed E-state index contributed by atoms with van der Waals surface area (Å²) in [6.07, 6.45) is 0.270. The van der Waals surface area contributed by atoms with Gasteiger partial charge in [-0.2, -0.15) is 11.3 Å². The predicted molar refractivity (Wildman–Crippen MR) is 105 cm³/mol. The Morgan fingerprint density at radius 1 is 0.963 bits per heavy atom.